The Hall–Kier alpha value is -3.78. The molecule has 0 unspecified atom stereocenters. The van der Waals surface area contributed by atoms with Crippen molar-refractivity contribution in [2.75, 3.05) is 12.3 Å². The number of halogens is 1. The highest BCUT2D eigenvalue weighted by Crippen LogP contribution is 2.25. The third kappa shape index (κ3) is 3.82. The summed E-state index contributed by atoms with van der Waals surface area (Å²) in [6.45, 7) is 0.272. The van der Waals surface area contributed by atoms with E-state index in [4.69, 9.17) is 0 Å². The Balaban J connectivity index is 1.37. The standard InChI is InChI=1S/C25H18FN3O3S/c26-16-10-12-17(13-11-16)29-24(32)20-8-3-4-9-21(20)27-25(29)33-15-5-14-28-22(30)18-6-1-2-7-19(18)23(28)31/h1-4,6-13H,5,14-15H2. The highest BCUT2D eigenvalue weighted by Gasteiger charge is 2.34. The molecular weight excluding hydrogens is 441 g/mol. The predicted octanol–water partition coefficient (Wildman–Crippen LogP) is 4.30. The first-order valence-corrected chi connectivity index (χ1v) is 11.4. The van der Waals surface area contributed by atoms with E-state index in [9.17, 15) is 18.8 Å². The van der Waals surface area contributed by atoms with Crippen molar-refractivity contribution in [1.82, 2.24) is 14.5 Å². The molecule has 2 heterocycles. The first-order chi connectivity index (χ1) is 16.0. The molecule has 0 spiro atoms. The van der Waals surface area contributed by atoms with Gasteiger partial charge >= 0.3 is 0 Å². The summed E-state index contributed by atoms with van der Waals surface area (Å²) in [5, 5.41) is 0.935. The van der Waals surface area contributed by atoms with Crippen molar-refractivity contribution in [3.63, 3.8) is 0 Å². The number of thioether (sulfide) groups is 1. The molecule has 1 aromatic heterocycles. The first kappa shape index (κ1) is 21.1. The normalized spacial score (nSPS) is 13.1. The summed E-state index contributed by atoms with van der Waals surface area (Å²) >= 11 is 1.35. The van der Waals surface area contributed by atoms with Crippen LogP contribution >= 0.6 is 11.8 Å². The van der Waals surface area contributed by atoms with Crippen molar-refractivity contribution in [2.24, 2.45) is 0 Å². The Morgan fingerprint density at radius 2 is 1.45 bits per heavy atom. The van der Waals surface area contributed by atoms with Gasteiger partial charge in [0.2, 0.25) is 0 Å². The quantitative estimate of drug-likeness (QED) is 0.186. The number of amides is 2. The number of rotatable bonds is 6. The second-order valence-corrected chi connectivity index (χ2v) is 8.60. The van der Waals surface area contributed by atoms with E-state index in [0.29, 0.717) is 45.0 Å². The van der Waals surface area contributed by atoms with Crippen LogP contribution in [0.4, 0.5) is 4.39 Å². The number of fused-ring (bicyclic) bond motifs is 2. The Morgan fingerprint density at radius 3 is 2.15 bits per heavy atom. The van der Waals surface area contributed by atoms with Crippen LogP contribution in [0.3, 0.4) is 0 Å². The molecule has 8 heteroatoms. The van der Waals surface area contributed by atoms with Gasteiger partial charge in [-0.05, 0) is 55.0 Å². The molecule has 0 radical (unpaired) electrons. The number of hydrogen-bond donors (Lipinski definition) is 0. The van der Waals surface area contributed by atoms with E-state index in [1.165, 1.54) is 45.5 Å². The number of carbonyl (C=O) groups excluding carboxylic acids is 2. The fourth-order valence-corrected chi connectivity index (χ4v) is 4.79. The van der Waals surface area contributed by atoms with Crippen molar-refractivity contribution in [2.45, 2.75) is 11.6 Å². The Morgan fingerprint density at radius 1 is 0.818 bits per heavy atom. The van der Waals surface area contributed by atoms with Gasteiger partial charge in [-0.2, -0.15) is 0 Å². The van der Waals surface area contributed by atoms with E-state index in [2.05, 4.69) is 4.98 Å². The van der Waals surface area contributed by atoms with Crippen molar-refractivity contribution in [3.05, 3.63) is 100 Å². The van der Waals surface area contributed by atoms with E-state index in [1.54, 1.807) is 42.5 Å². The molecule has 4 aromatic rings. The maximum atomic E-state index is 13.4. The van der Waals surface area contributed by atoms with Crippen LogP contribution in [0.15, 0.2) is 82.7 Å². The van der Waals surface area contributed by atoms with Crippen molar-refractivity contribution >= 4 is 34.5 Å². The van der Waals surface area contributed by atoms with E-state index in [1.807, 2.05) is 6.07 Å². The second kappa shape index (κ2) is 8.63. The van der Waals surface area contributed by atoms with Crippen LogP contribution in [0.2, 0.25) is 0 Å². The number of carbonyl (C=O) groups is 2. The van der Waals surface area contributed by atoms with Crippen molar-refractivity contribution in [3.8, 4) is 5.69 Å². The van der Waals surface area contributed by atoms with Crippen LogP contribution in [0.25, 0.3) is 16.6 Å². The highest BCUT2D eigenvalue weighted by molar-refractivity contribution is 7.99. The lowest BCUT2D eigenvalue weighted by Gasteiger charge is -2.15. The minimum absolute atomic E-state index is 0.241. The number of hydrogen-bond acceptors (Lipinski definition) is 5. The third-order valence-electron chi connectivity index (χ3n) is 5.47. The van der Waals surface area contributed by atoms with Gasteiger partial charge in [0.15, 0.2) is 5.16 Å². The van der Waals surface area contributed by atoms with Gasteiger partial charge in [-0.25, -0.2) is 9.37 Å². The molecule has 0 atom stereocenters. The molecule has 0 saturated heterocycles. The fourth-order valence-electron chi connectivity index (χ4n) is 3.86. The van der Waals surface area contributed by atoms with E-state index < -0.39 is 5.82 Å². The van der Waals surface area contributed by atoms with Gasteiger partial charge in [0.1, 0.15) is 5.82 Å². The smallest absolute Gasteiger partial charge is 0.266 e. The van der Waals surface area contributed by atoms with Crippen LogP contribution in [-0.4, -0.2) is 38.6 Å². The third-order valence-corrected chi connectivity index (χ3v) is 6.49. The maximum absolute atomic E-state index is 13.4. The summed E-state index contributed by atoms with van der Waals surface area (Å²) in [5.41, 5.74) is 1.70. The highest BCUT2D eigenvalue weighted by atomic mass is 32.2. The molecule has 0 aliphatic carbocycles. The second-order valence-electron chi connectivity index (χ2n) is 7.54. The number of benzene rings is 3. The largest absolute Gasteiger partial charge is 0.274 e. The predicted molar refractivity (Wildman–Crippen MR) is 124 cm³/mol. The average Bonchev–Trinajstić information content (AvgIpc) is 3.08. The van der Waals surface area contributed by atoms with Gasteiger partial charge in [0, 0.05) is 12.3 Å². The van der Waals surface area contributed by atoms with Gasteiger partial charge in [0.25, 0.3) is 17.4 Å². The molecule has 2 amide bonds. The van der Waals surface area contributed by atoms with Crippen LogP contribution in [0.1, 0.15) is 27.1 Å². The van der Waals surface area contributed by atoms with Crippen LogP contribution in [-0.2, 0) is 0 Å². The summed E-state index contributed by atoms with van der Waals surface area (Å²) in [5.74, 6) is -0.435. The van der Waals surface area contributed by atoms with Gasteiger partial charge in [0.05, 0.1) is 27.7 Å². The fraction of sp³-hybridized carbons (Fsp3) is 0.120. The Kier molecular flexibility index (Phi) is 5.51. The zero-order chi connectivity index (χ0) is 22.9. The molecule has 1 aliphatic rings. The topological polar surface area (TPSA) is 72.3 Å². The number of aromatic nitrogens is 2. The van der Waals surface area contributed by atoms with E-state index in [0.717, 1.165) is 0 Å². The molecular formula is C25H18FN3O3S. The van der Waals surface area contributed by atoms with Crippen LogP contribution in [0.5, 0.6) is 0 Å². The van der Waals surface area contributed by atoms with Crippen LogP contribution < -0.4 is 5.56 Å². The monoisotopic (exact) mass is 459 g/mol. The lowest BCUT2D eigenvalue weighted by molar-refractivity contribution is 0.0655. The number of imide groups is 1. The minimum Gasteiger partial charge on any atom is -0.274 e. The zero-order valence-electron chi connectivity index (χ0n) is 17.4. The maximum Gasteiger partial charge on any atom is 0.266 e. The Labute approximate surface area is 192 Å². The van der Waals surface area contributed by atoms with E-state index >= 15 is 0 Å². The number of para-hydroxylation sites is 1. The first-order valence-electron chi connectivity index (χ1n) is 10.4. The van der Waals surface area contributed by atoms with Gasteiger partial charge in [-0.15, -0.1) is 0 Å². The molecule has 1 aliphatic heterocycles. The van der Waals surface area contributed by atoms with Gasteiger partial charge in [-0.1, -0.05) is 36.0 Å². The van der Waals surface area contributed by atoms with Gasteiger partial charge < -0.3 is 0 Å². The molecule has 0 fully saturated rings. The average molecular weight is 460 g/mol. The molecule has 0 bridgehead atoms. The molecule has 3 aromatic carbocycles. The summed E-state index contributed by atoms with van der Waals surface area (Å²) in [7, 11) is 0. The lowest BCUT2D eigenvalue weighted by Crippen LogP contribution is -2.31. The zero-order valence-corrected chi connectivity index (χ0v) is 18.2. The summed E-state index contributed by atoms with van der Waals surface area (Å²) in [4.78, 5) is 44.2. The lowest BCUT2D eigenvalue weighted by atomic mass is 10.1. The van der Waals surface area contributed by atoms with Crippen LogP contribution in [0, 0.1) is 5.82 Å². The summed E-state index contributed by atoms with van der Waals surface area (Å²) < 4.78 is 14.9. The summed E-state index contributed by atoms with van der Waals surface area (Å²) in [6.07, 6.45) is 0.530. The minimum atomic E-state index is -0.393. The van der Waals surface area contributed by atoms with Crippen molar-refractivity contribution < 1.29 is 14.0 Å². The molecule has 164 valence electrons. The van der Waals surface area contributed by atoms with E-state index in [-0.39, 0.29) is 23.9 Å². The molecule has 0 saturated carbocycles. The van der Waals surface area contributed by atoms with Gasteiger partial charge in [-0.3, -0.25) is 23.9 Å². The summed E-state index contributed by atoms with van der Waals surface area (Å²) in [6, 6.07) is 19.5. The van der Waals surface area contributed by atoms with Crippen molar-refractivity contribution in [1.29, 1.82) is 0 Å². The Bertz CT molecular complexity index is 1410. The molecule has 5 rings (SSSR count). The molecule has 0 N–H and O–H groups in total. The molecule has 33 heavy (non-hydrogen) atoms. The number of nitrogens with zero attached hydrogens (tertiary/aromatic N) is 3. The SMILES string of the molecule is O=C1c2ccccc2C(=O)N1CCCSc1nc2ccccc2c(=O)n1-c1ccc(F)cc1. The molecule has 6 nitrogen and oxygen atoms in total.